The number of aromatic nitrogens is 5. The molecular formula is C10H12N6O3. The molecule has 2 aromatic rings. The van der Waals surface area contributed by atoms with E-state index in [0.717, 1.165) is 0 Å². The molecule has 1 unspecified atom stereocenters. The molecule has 1 amide bonds. The zero-order valence-electron chi connectivity index (χ0n) is 10.3. The van der Waals surface area contributed by atoms with Crippen molar-refractivity contribution in [1.29, 1.82) is 0 Å². The van der Waals surface area contributed by atoms with E-state index in [0.29, 0.717) is 11.4 Å². The fourth-order valence-corrected chi connectivity index (χ4v) is 1.52. The van der Waals surface area contributed by atoms with Crippen LogP contribution in [-0.2, 0) is 11.8 Å². The van der Waals surface area contributed by atoms with Gasteiger partial charge in [-0.05, 0) is 6.92 Å². The molecule has 2 aromatic heterocycles. The molecular weight excluding hydrogens is 252 g/mol. The summed E-state index contributed by atoms with van der Waals surface area (Å²) >= 11 is 0. The van der Waals surface area contributed by atoms with Gasteiger partial charge in [0.25, 0.3) is 5.91 Å². The lowest BCUT2D eigenvalue weighted by Gasteiger charge is -2.11. The summed E-state index contributed by atoms with van der Waals surface area (Å²) in [4.78, 5) is 26.8. The maximum Gasteiger partial charge on any atom is 0.331 e. The monoisotopic (exact) mass is 264 g/mol. The Morgan fingerprint density at radius 2 is 2.26 bits per heavy atom. The average molecular weight is 264 g/mol. The summed E-state index contributed by atoms with van der Waals surface area (Å²) in [5, 5.41) is 21.5. The Labute approximate surface area is 107 Å². The van der Waals surface area contributed by atoms with E-state index in [2.05, 4.69) is 25.6 Å². The minimum atomic E-state index is -1.19. The van der Waals surface area contributed by atoms with Gasteiger partial charge in [0.05, 0.1) is 6.20 Å². The number of amides is 1. The number of rotatable bonds is 4. The largest absolute Gasteiger partial charge is 0.479 e. The van der Waals surface area contributed by atoms with Crippen LogP contribution < -0.4 is 5.32 Å². The highest BCUT2D eigenvalue weighted by Gasteiger charge is 2.25. The van der Waals surface area contributed by atoms with E-state index in [1.165, 1.54) is 17.1 Å². The van der Waals surface area contributed by atoms with E-state index in [4.69, 9.17) is 5.11 Å². The van der Waals surface area contributed by atoms with Crippen molar-refractivity contribution in [2.45, 2.75) is 13.0 Å². The quantitative estimate of drug-likeness (QED) is 0.677. The van der Waals surface area contributed by atoms with Crippen molar-refractivity contribution < 1.29 is 14.7 Å². The lowest BCUT2D eigenvalue weighted by Crippen LogP contribution is -2.34. The minimum absolute atomic E-state index is 0.104. The lowest BCUT2D eigenvalue weighted by molar-refractivity contribution is -0.139. The van der Waals surface area contributed by atoms with Crippen molar-refractivity contribution in [3.8, 4) is 0 Å². The first-order valence-electron chi connectivity index (χ1n) is 5.38. The molecule has 0 spiro atoms. The van der Waals surface area contributed by atoms with E-state index in [1.807, 2.05) is 0 Å². The Bertz CT molecular complexity index is 616. The molecule has 0 aliphatic heterocycles. The highest BCUT2D eigenvalue weighted by atomic mass is 16.4. The van der Waals surface area contributed by atoms with Gasteiger partial charge in [0.1, 0.15) is 5.82 Å². The Kier molecular flexibility index (Phi) is 3.27. The third kappa shape index (κ3) is 2.76. The number of aromatic amines is 1. The molecule has 0 saturated heterocycles. The van der Waals surface area contributed by atoms with E-state index >= 15 is 0 Å². The molecule has 100 valence electrons. The van der Waals surface area contributed by atoms with Crippen molar-refractivity contribution in [3.05, 3.63) is 29.6 Å². The third-order valence-corrected chi connectivity index (χ3v) is 2.38. The van der Waals surface area contributed by atoms with E-state index < -0.39 is 17.9 Å². The second-order valence-corrected chi connectivity index (χ2v) is 3.94. The van der Waals surface area contributed by atoms with Crippen LogP contribution in [0.3, 0.4) is 0 Å². The highest BCUT2D eigenvalue weighted by molar-refractivity contribution is 5.93. The van der Waals surface area contributed by atoms with Gasteiger partial charge in [-0.1, -0.05) is 0 Å². The molecule has 2 rings (SSSR count). The molecule has 19 heavy (non-hydrogen) atoms. The van der Waals surface area contributed by atoms with Crippen molar-refractivity contribution in [2.75, 3.05) is 0 Å². The molecule has 3 N–H and O–H groups in total. The number of aryl methyl sites for hydroxylation is 2. The molecule has 0 bridgehead atoms. The van der Waals surface area contributed by atoms with Crippen molar-refractivity contribution in [1.82, 2.24) is 30.3 Å². The first-order chi connectivity index (χ1) is 8.97. The SMILES string of the molecule is Cc1nc(C(=O)NC(C(=O)O)c2cnn(C)c2)n[nH]1. The molecule has 9 heteroatoms. The van der Waals surface area contributed by atoms with Crippen molar-refractivity contribution >= 4 is 11.9 Å². The van der Waals surface area contributed by atoms with E-state index in [-0.39, 0.29) is 5.82 Å². The summed E-state index contributed by atoms with van der Waals surface area (Å²) in [7, 11) is 1.66. The molecule has 0 radical (unpaired) electrons. The number of carboxylic acid groups (broad SMARTS) is 1. The first kappa shape index (κ1) is 12.7. The zero-order valence-corrected chi connectivity index (χ0v) is 10.3. The second-order valence-electron chi connectivity index (χ2n) is 3.94. The van der Waals surface area contributed by atoms with Gasteiger partial charge < -0.3 is 10.4 Å². The van der Waals surface area contributed by atoms with Crippen molar-refractivity contribution in [2.24, 2.45) is 7.05 Å². The molecule has 1 atom stereocenters. The molecule has 2 heterocycles. The Hall–Kier alpha value is -2.71. The van der Waals surface area contributed by atoms with Gasteiger partial charge in [0.15, 0.2) is 6.04 Å². The summed E-state index contributed by atoms with van der Waals surface area (Å²) in [6.45, 7) is 1.64. The fraction of sp³-hybridized carbons (Fsp3) is 0.300. The first-order valence-corrected chi connectivity index (χ1v) is 5.38. The number of hydrogen-bond acceptors (Lipinski definition) is 5. The van der Waals surface area contributed by atoms with Crippen LogP contribution in [0.4, 0.5) is 0 Å². The van der Waals surface area contributed by atoms with Crippen LogP contribution in [-0.4, -0.2) is 41.9 Å². The fourth-order valence-electron chi connectivity index (χ4n) is 1.52. The summed E-state index contributed by atoms with van der Waals surface area (Å²) in [5.74, 6) is -1.49. The predicted molar refractivity (Wildman–Crippen MR) is 62.2 cm³/mol. The Balaban J connectivity index is 2.18. The molecule has 0 aliphatic rings. The van der Waals surface area contributed by atoms with Crippen LogP contribution >= 0.6 is 0 Å². The summed E-state index contributed by atoms with van der Waals surface area (Å²) in [6, 6.07) is -1.19. The van der Waals surface area contributed by atoms with Crippen LogP contribution in [0.1, 0.15) is 28.0 Å². The summed E-state index contributed by atoms with van der Waals surface area (Å²) in [5.41, 5.74) is 0.371. The Morgan fingerprint density at radius 1 is 1.53 bits per heavy atom. The lowest BCUT2D eigenvalue weighted by atomic mass is 10.1. The van der Waals surface area contributed by atoms with Gasteiger partial charge in [-0.2, -0.15) is 5.10 Å². The predicted octanol–water partition coefficient (Wildman–Crippen LogP) is -0.598. The van der Waals surface area contributed by atoms with Gasteiger partial charge in [0.2, 0.25) is 5.82 Å². The number of nitrogens with zero attached hydrogens (tertiary/aromatic N) is 4. The molecule has 0 fully saturated rings. The maximum atomic E-state index is 11.8. The Morgan fingerprint density at radius 3 is 2.74 bits per heavy atom. The van der Waals surface area contributed by atoms with Crippen LogP contribution in [0, 0.1) is 6.92 Å². The highest BCUT2D eigenvalue weighted by Crippen LogP contribution is 2.12. The number of carboxylic acids is 1. The number of nitrogens with one attached hydrogen (secondary N) is 2. The number of carbonyl (C=O) groups is 2. The second kappa shape index (κ2) is 4.88. The van der Waals surface area contributed by atoms with Gasteiger partial charge in [-0.25, -0.2) is 9.78 Å². The van der Waals surface area contributed by atoms with Gasteiger partial charge in [-0.3, -0.25) is 14.6 Å². The summed E-state index contributed by atoms with van der Waals surface area (Å²) in [6.07, 6.45) is 2.89. The van der Waals surface area contributed by atoms with E-state index in [1.54, 1.807) is 14.0 Å². The van der Waals surface area contributed by atoms with Gasteiger partial charge >= 0.3 is 5.97 Å². The zero-order chi connectivity index (χ0) is 14.0. The molecule has 0 saturated carbocycles. The van der Waals surface area contributed by atoms with Crippen LogP contribution in [0.25, 0.3) is 0 Å². The molecule has 9 nitrogen and oxygen atoms in total. The number of H-pyrrole nitrogens is 1. The van der Waals surface area contributed by atoms with Crippen molar-refractivity contribution in [3.63, 3.8) is 0 Å². The van der Waals surface area contributed by atoms with Crippen LogP contribution in [0.15, 0.2) is 12.4 Å². The van der Waals surface area contributed by atoms with Gasteiger partial charge in [-0.15, -0.1) is 5.10 Å². The number of carbonyl (C=O) groups excluding carboxylic acids is 1. The van der Waals surface area contributed by atoms with Gasteiger partial charge in [0, 0.05) is 18.8 Å². The molecule has 0 aliphatic carbocycles. The average Bonchev–Trinajstić information content (AvgIpc) is 2.94. The van der Waals surface area contributed by atoms with E-state index in [9.17, 15) is 9.59 Å². The van der Waals surface area contributed by atoms with Crippen LogP contribution in [0.5, 0.6) is 0 Å². The van der Waals surface area contributed by atoms with Crippen LogP contribution in [0.2, 0.25) is 0 Å². The maximum absolute atomic E-state index is 11.8. The number of hydrogen-bond donors (Lipinski definition) is 3. The third-order valence-electron chi connectivity index (χ3n) is 2.38. The topological polar surface area (TPSA) is 126 Å². The minimum Gasteiger partial charge on any atom is -0.479 e. The summed E-state index contributed by atoms with van der Waals surface area (Å²) < 4.78 is 1.45. The molecule has 0 aromatic carbocycles. The standard InChI is InChI=1S/C10H12N6O3/c1-5-12-8(15-14-5)9(17)13-7(10(18)19)6-3-11-16(2)4-6/h3-4,7H,1-2H3,(H,13,17)(H,18,19)(H,12,14,15). The normalized spacial score (nSPS) is 12.1. The smallest absolute Gasteiger partial charge is 0.331 e. The number of aliphatic carboxylic acids is 1.